The fourth-order valence-corrected chi connectivity index (χ4v) is 1.19. The Kier molecular flexibility index (Phi) is 13.5. The van der Waals surface area contributed by atoms with Crippen LogP contribution in [0.3, 0.4) is 0 Å². The average molecular weight is 360 g/mol. The van der Waals surface area contributed by atoms with Gasteiger partial charge in [-0.05, 0) is 0 Å². The van der Waals surface area contributed by atoms with E-state index in [1.165, 1.54) is 0 Å². The first kappa shape index (κ1) is 28.8. The summed E-state index contributed by atoms with van der Waals surface area (Å²) >= 11 is 0. The summed E-state index contributed by atoms with van der Waals surface area (Å²) in [6.45, 7) is -0.789. The molecule has 0 aliphatic carbocycles. The van der Waals surface area contributed by atoms with Gasteiger partial charge in [0.2, 0.25) is 11.8 Å². The van der Waals surface area contributed by atoms with Gasteiger partial charge in [-0.15, -0.1) is 0 Å². The first-order valence-electron chi connectivity index (χ1n) is 4.91. The van der Waals surface area contributed by atoms with Gasteiger partial charge in [0.15, 0.2) is 0 Å². The lowest BCUT2D eigenvalue weighted by molar-refractivity contribution is -0.119. The number of carboxylic acid groups (broad SMARTS) is 2. The summed E-state index contributed by atoms with van der Waals surface area (Å²) in [5, 5.41) is 20.1. The molecule has 0 aromatic heterocycles. The highest BCUT2D eigenvalue weighted by Crippen LogP contribution is 1.97. The molecule has 2 rings (SSSR count). The van der Waals surface area contributed by atoms with Crippen molar-refractivity contribution in [1.29, 1.82) is 0 Å². The van der Waals surface area contributed by atoms with E-state index in [0.29, 0.717) is 9.80 Å². The van der Waals surface area contributed by atoms with Gasteiger partial charge in [0, 0.05) is 0 Å². The molecule has 140 valence electrons. The van der Waals surface area contributed by atoms with Crippen LogP contribution in [0.4, 0.5) is 19.2 Å². The van der Waals surface area contributed by atoms with Crippen LogP contribution in [0.2, 0.25) is 0 Å². The Morgan fingerprint density at radius 3 is 1.04 bits per heavy atom. The van der Waals surface area contributed by atoms with Crippen LogP contribution in [0.15, 0.2) is 0 Å². The largest absolute Gasteiger partial charge is 0.465 e. The molecule has 16 nitrogen and oxygen atoms in total. The normalized spacial score (nSPS) is 14.5. The van der Waals surface area contributed by atoms with Crippen molar-refractivity contribution in [1.82, 2.24) is 20.4 Å². The van der Waals surface area contributed by atoms with Crippen molar-refractivity contribution in [3.63, 3.8) is 0 Å². The lowest BCUT2D eigenvalue weighted by Crippen LogP contribution is -2.32. The van der Waals surface area contributed by atoms with Crippen LogP contribution in [-0.2, 0) is 9.59 Å². The molecule has 0 bridgehead atoms. The van der Waals surface area contributed by atoms with Crippen LogP contribution in [0.25, 0.3) is 0 Å². The monoisotopic (exact) mass is 360 g/mol. The molecule has 0 spiro atoms. The molecule has 2 heterocycles. The summed E-state index contributed by atoms with van der Waals surface area (Å²) in [5.74, 6) is -1.18. The van der Waals surface area contributed by atoms with Gasteiger partial charge in [0.1, 0.15) is 13.1 Å². The molecule has 0 atom stereocenters. The Balaban J connectivity index is -0.000000143. The summed E-state index contributed by atoms with van der Waals surface area (Å²) in [6, 6.07) is -1.75. The minimum atomic E-state index is -1.41. The van der Waals surface area contributed by atoms with E-state index in [9.17, 15) is 28.8 Å². The summed E-state index contributed by atoms with van der Waals surface area (Å²) in [6.07, 6.45) is -2.83. The van der Waals surface area contributed by atoms with Crippen LogP contribution in [0.5, 0.6) is 0 Å². The molecule has 24 heavy (non-hydrogen) atoms. The number of nitrogens with one attached hydrogen (secondary N) is 2. The Morgan fingerprint density at radius 2 is 0.958 bits per heavy atom. The van der Waals surface area contributed by atoms with Gasteiger partial charge in [0.25, 0.3) is 0 Å². The number of amides is 8. The van der Waals surface area contributed by atoms with Gasteiger partial charge in [-0.25, -0.2) is 29.0 Å². The maximum Gasteiger partial charge on any atom is 0.416 e. The quantitative estimate of drug-likeness (QED) is 0.302. The number of nitrogens with zero attached hydrogens (tertiary/aromatic N) is 2. The summed E-state index contributed by atoms with van der Waals surface area (Å²) < 4.78 is 0. The van der Waals surface area contributed by atoms with Gasteiger partial charge < -0.3 is 32.1 Å². The maximum atomic E-state index is 10.4. The molecule has 16 heteroatoms. The molecule has 0 aromatic carbocycles. The van der Waals surface area contributed by atoms with E-state index in [4.69, 9.17) is 10.2 Å². The van der Waals surface area contributed by atoms with Crippen LogP contribution in [0, 0.1) is 0 Å². The molecular formula is C8H16N4O12. The minimum Gasteiger partial charge on any atom is -0.465 e. The zero-order valence-corrected chi connectivity index (χ0v) is 11.7. The van der Waals surface area contributed by atoms with Crippen molar-refractivity contribution in [3.05, 3.63) is 0 Å². The van der Waals surface area contributed by atoms with E-state index in [1.807, 2.05) is 10.6 Å². The number of carbonyl (C=O) groups is 6. The highest BCUT2D eigenvalue weighted by Gasteiger charge is 2.32. The lowest BCUT2D eigenvalue weighted by Gasteiger charge is -2.02. The van der Waals surface area contributed by atoms with Gasteiger partial charge in [-0.3, -0.25) is 20.2 Å². The molecule has 2 aliphatic rings. The fourth-order valence-electron chi connectivity index (χ4n) is 1.19. The third-order valence-electron chi connectivity index (χ3n) is 2.05. The second-order valence-electron chi connectivity index (χ2n) is 3.44. The Morgan fingerprint density at radius 1 is 0.708 bits per heavy atom. The highest BCUT2D eigenvalue weighted by atomic mass is 16.4. The Labute approximate surface area is 131 Å². The number of carbonyl (C=O) groups excluding carboxylic acids is 4. The summed E-state index contributed by atoms with van der Waals surface area (Å²) in [4.78, 5) is 62.5. The van der Waals surface area contributed by atoms with Crippen LogP contribution >= 0.6 is 0 Å². The van der Waals surface area contributed by atoms with Crippen LogP contribution in [-0.4, -0.2) is 91.1 Å². The molecule has 12 N–H and O–H groups in total. The van der Waals surface area contributed by atoms with E-state index >= 15 is 0 Å². The second-order valence-corrected chi connectivity index (χ2v) is 3.44. The first-order valence-corrected chi connectivity index (χ1v) is 4.91. The number of urea groups is 2. The van der Waals surface area contributed by atoms with E-state index < -0.39 is 49.2 Å². The summed E-state index contributed by atoms with van der Waals surface area (Å²) in [5.41, 5.74) is 0. The summed E-state index contributed by atoms with van der Waals surface area (Å²) in [7, 11) is 0. The maximum absolute atomic E-state index is 10.4. The van der Waals surface area contributed by atoms with E-state index in [1.54, 1.807) is 0 Å². The minimum absolute atomic E-state index is 0. The standard InChI is InChI=1S/2C4H4N2O4.4H2O/c2*7-2-1-6(4(9)10)3(8)5-2;;;;/h2*1H2,(H,9,10)(H,5,7,8);4*1H2. The van der Waals surface area contributed by atoms with Crippen molar-refractivity contribution in [3.8, 4) is 0 Å². The smallest absolute Gasteiger partial charge is 0.416 e. The van der Waals surface area contributed by atoms with Crippen molar-refractivity contribution in [2.45, 2.75) is 0 Å². The predicted molar refractivity (Wildman–Crippen MR) is 71.0 cm³/mol. The van der Waals surface area contributed by atoms with Gasteiger partial charge in [-0.2, -0.15) is 0 Å². The third-order valence-corrected chi connectivity index (χ3v) is 2.05. The Hall–Kier alpha value is -3.34. The predicted octanol–water partition coefficient (Wildman–Crippen LogP) is -4.87. The van der Waals surface area contributed by atoms with Gasteiger partial charge in [0.05, 0.1) is 0 Å². The molecule has 0 saturated carbocycles. The van der Waals surface area contributed by atoms with E-state index in [0.717, 1.165) is 0 Å². The van der Waals surface area contributed by atoms with Crippen LogP contribution < -0.4 is 10.6 Å². The fraction of sp³-hybridized carbons (Fsp3) is 0.250. The van der Waals surface area contributed by atoms with Gasteiger partial charge >= 0.3 is 24.2 Å². The molecule has 8 amide bonds. The van der Waals surface area contributed by atoms with E-state index in [2.05, 4.69) is 0 Å². The second kappa shape index (κ2) is 11.3. The van der Waals surface area contributed by atoms with Crippen LogP contribution in [0.1, 0.15) is 0 Å². The first-order chi connectivity index (χ1) is 9.22. The Bertz CT molecular complexity index is 473. The molecule has 2 saturated heterocycles. The number of hydrogen-bond donors (Lipinski definition) is 4. The topological polar surface area (TPSA) is 299 Å². The molecule has 2 aliphatic heterocycles. The molecule has 0 radical (unpaired) electrons. The lowest BCUT2D eigenvalue weighted by atomic mass is 10.6. The zero-order valence-electron chi connectivity index (χ0n) is 11.7. The molecular weight excluding hydrogens is 344 g/mol. The molecule has 0 aromatic rings. The number of imide groups is 4. The van der Waals surface area contributed by atoms with Crippen molar-refractivity contribution >= 4 is 36.1 Å². The molecule has 2 fully saturated rings. The zero-order chi connectivity index (χ0) is 15.4. The van der Waals surface area contributed by atoms with Crippen molar-refractivity contribution < 1.29 is 60.9 Å². The van der Waals surface area contributed by atoms with Crippen molar-refractivity contribution in [2.24, 2.45) is 0 Å². The number of rotatable bonds is 0. The average Bonchev–Trinajstić information content (AvgIpc) is 2.82. The van der Waals surface area contributed by atoms with E-state index in [-0.39, 0.29) is 21.9 Å². The van der Waals surface area contributed by atoms with Gasteiger partial charge in [-0.1, -0.05) is 0 Å². The highest BCUT2D eigenvalue weighted by molar-refractivity contribution is 6.08. The van der Waals surface area contributed by atoms with Crippen molar-refractivity contribution in [2.75, 3.05) is 13.1 Å². The number of hydrogen-bond acceptors (Lipinski definition) is 6. The SMILES string of the molecule is O.O.O.O.O=C1CN(C(=O)O)C(=O)N1.O=C1CN(C(=O)O)C(=O)N1. The third kappa shape index (κ3) is 7.09. The molecule has 0 unspecified atom stereocenters.